The summed E-state index contributed by atoms with van der Waals surface area (Å²) in [6, 6.07) is 8.88. The number of hydrogen-bond donors (Lipinski definition) is 1. The summed E-state index contributed by atoms with van der Waals surface area (Å²) < 4.78 is 17.4. The fraction of sp³-hybridized carbons (Fsp3) is 0.529. The molecule has 1 aromatic carbocycles. The molecular formula is C17H21NO3. The normalized spacial score (nSPS) is 22.2. The molecule has 0 spiro atoms. The lowest BCUT2D eigenvalue weighted by Crippen LogP contribution is -2.17. The minimum Gasteiger partial charge on any atom is -0.459 e. The third kappa shape index (κ3) is 2.98. The number of ether oxygens (including phenoxy) is 2. The van der Waals surface area contributed by atoms with Crippen molar-refractivity contribution in [1.29, 1.82) is 0 Å². The molecule has 4 heteroatoms. The van der Waals surface area contributed by atoms with Crippen LogP contribution in [0.1, 0.15) is 30.6 Å². The number of nitrogens with one attached hydrogen (secondary N) is 1. The van der Waals surface area contributed by atoms with Crippen molar-refractivity contribution >= 4 is 11.0 Å². The van der Waals surface area contributed by atoms with Crippen molar-refractivity contribution in [3.63, 3.8) is 0 Å². The van der Waals surface area contributed by atoms with Crippen molar-refractivity contribution in [2.24, 2.45) is 0 Å². The van der Waals surface area contributed by atoms with Crippen LogP contribution in [-0.2, 0) is 22.6 Å². The van der Waals surface area contributed by atoms with E-state index in [9.17, 15) is 0 Å². The molecule has 0 bridgehead atoms. The predicted molar refractivity (Wildman–Crippen MR) is 80.1 cm³/mol. The highest BCUT2D eigenvalue weighted by atomic mass is 16.5. The summed E-state index contributed by atoms with van der Waals surface area (Å²) >= 11 is 0. The topological polar surface area (TPSA) is 43.6 Å². The number of hydrogen-bond acceptors (Lipinski definition) is 4. The molecule has 1 saturated heterocycles. The van der Waals surface area contributed by atoms with E-state index in [0.29, 0.717) is 19.3 Å². The minimum atomic E-state index is 0.225. The van der Waals surface area contributed by atoms with Crippen LogP contribution in [0.3, 0.4) is 0 Å². The minimum absolute atomic E-state index is 0.225. The van der Waals surface area contributed by atoms with E-state index in [0.717, 1.165) is 30.9 Å². The highest BCUT2D eigenvalue weighted by Crippen LogP contribution is 2.28. The standard InChI is InChI=1S/C17H21NO3/c1-2-4-16-14(3-1)15(11-20-13-7-8-19-10-13)17(21-16)9-18-12-5-6-12/h1-4,12-13,18H,5-11H2. The Kier molecular flexibility index (Phi) is 3.67. The Morgan fingerprint density at radius 1 is 1.19 bits per heavy atom. The van der Waals surface area contributed by atoms with Gasteiger partial charge in [0.15, 0.2) is 0 Å². The Morgan fingerprint density at radius 2 is 2.10 bits per heavy atom. The first kappa shape index (κ1) is 13.3. The van der Waals surface area contributed by atoms with E-state index in [1.807, 2.05) is 12.1 Å². The van der Waals surface area contributed by atoms with E-state index in [4.69, 9.17) is 13.9 Å². The maximum absolute atomic E-state index is 6.02. The van der Waals surface area contributed by atoms with Gasteiger partial charge in [0, 0.05) is 23.6 Å². The fourth-order valence-corrected chi connectivity index (χ4v) is 2.82. The Labute approximate surface area is 124 Å². The molecule has 4 rings (SSSR count). The van der Waals surface area contributed by atoms with Crippen molar-refractivity contribution in [2.45, 2.75) is 44.6 Å². The average Bonchev–Trinajstić information content (AvgIpc) is 3.07. The van der Waals surface area contributed by atoms with Gasteiger partial charge in [0.1, 0.15) is 11.3 Å². The zero-order valence-corrected chi connectivity index (χ0v) is 12.1. The lowest BCUT2D eigenvalue weighted by atomic mass is 10.1. The molecule has 1 aliphatic heterocycles. The van der Waals surface area contributed by atoms with E-state index >= 15 is 0 Å². The molecule has 2 heterocycles. The molecule has 1 aliphatic carbocycles. The Morgan fingerprint density at radius 3 is 2.90 bits per heavy atom. The van der Waals surface area contributed by atoms with Gasteiger partial charge in [0.2, 0.25) is 0 Å². The second kappa shape index (κ2) is 5.79. The number of rotatable bonds is 6. The van der Waals surface area contributed by atoms with Gasteiger partial charge in [0.05, 0.1) is 25.9 Å². The van der Waals surface area contributed by atoms with Crippen LogP contribution in [0.5, 0.6) is 0 Å². The third-order valence-corrected chi connectivity index (χ3v) is 4.26. The second-order valence-electron chi connectivity index (χ2n) is 5.95. The lowest BCUT2D eigenvalue weighted by molar-refractivity contribution is 0.0315. The van der Waals surface area contributed by atoms with Crippen LogP contribution < -0.4 is 5.32 Å². The van der Waals surface area contributed by atoms with Crippen molar-refractivity contribution < 1.29 is 13.9 Å². The summed E-state index contributed by atoms with van der Waals surface area (Å²) in [5.41, 5.74) is 2.14. The number of para-hydroxylation sites is 1. The molecule has 2 aliphatic rings. The Hall–Kier alpha value is -1.36. The van der Waals surface area contributed by atoms with Gasteiger partial charge in [-0.05, 0) is 25.3 Å². The summed E-state index contributed by atoms with van der Waals surface area (Å²) in [6.45, 7) is 2.92. The molecule has 21 heavy (non-hydrogen) atoms. The first-order valence-corrected chi connectivity index (χ1v) is 7.82. The number of benzene rings is 1. The highest BCUT2D eigenvalue weighted by molar-refractivity contribution is 5.82. The van der Waals surface area contributed by atoms with Crippen molar-refractivity contribution in [3.8, 4) is 0 Å². The number of furan rings is 1. The maximum atomic E-state index is 6.02. The first-order valence-electron chi connectivity index (χ1n) is 7.82. The molecule has 2 fully saturated rings. The average molecular weight is 287 g/mol. The van der Waals surface area contributed by atoms with Gasteiger partial charge in [-0.2, -0.15) is 0 Å². The van der Waals surface area contributed by atoms with Crippen LogP contribution in [0.4, 0.5) is 0 Å². The summed E-state index contributed by atoms with van der Waals surface area (Å²) in [5, 5.41) is 4.70. The second-order valence-corrected chi connectivity index (χ2v) is 5.95. The van der Waals surface area contributed by atoms with E-state index in [2.05, 4.69) is 17.4 Å². The van der Waals surface area contributed by atoms with Crippen molar-refractivity contribution in [1.82, 2.24) is 5.32 Å². The van der Waals surface area contributed by atoms with Crippen LogP contribution in [0.25, 0.3) is 11.0 Å². The maximum Gasteiger partial charge on any atom is 0.134 e. The molecule has 4 nitrogen and oxygen atoms in total. The van der Waals surface area contributed by atoms with E-state index < -0.39 is 0 Å². The van der Waals surface area contributed by atoms with Gasteiger partial charge in [-0.3, -0.25) is 0 Å². The summed E-state index contributed by atoms with van der Waals surface area (Å²) in [5.74, 6) is 1.02. The van der Waals surface area contributed by atoms with Gasteiger partial charge in [-0.25, -0.2) is 0 Å². The summed E-state index contributed by atoms with van der Waals surface area (Å²) in [7, 11) is 0. The molecule has 1 aromatic heterocycles. The van der Waals surface area contributed by atoms with E-state index in [-0.39, 0.29) is 6.10 Å². The summed E-state index contributed by atoms with van der Waals surface area (Å²) in [6.07, 6.45) is 3.78. The van der Waals surface area contributed by atoms with Crippen LogP contribution in [0.15, 0.2) is 28.7 Å². The van der Waals surface area contributed by atoms with Gasteiger partial charge < -0.3 is 19.2 Å². The number of fused-ring (bicyclic) bond motifs is 1. The third-order valence-electron chi connectivity index (χ3n) is 4.26. The molecule has 1 atom stereocenters. The molecule has 1 N–H and O–H groups in total. The zero-order chi connectivity index (χ0) is 14.1. The van der Waals surface area contributed by atoms with Crippen LogP contribution in [-0.4, -0.2) is 25.4 Å². The Balaban J connectivity index is 1.54. The van der Waals surface area contributed by atoms with Crippen molar-refractivity contribution in [3.05, 3.63) is 35.6 Å². The highest BCUT2D eigenvalue weighted by Gasteiger charge is 2.23. The van der Waals surface area contributed by atoms with Crippen LogP contribution in [0.2, 0.25) is 0 Å². The summed E-state index contributed by atoms with van der Waals surface area (Å²) in [4.78, 5) is 0. The molecule has 1 saturated carbocycles. The van der Waals surface area contributed by atoms with Crippen LogP contribution >= 0.6 is 0 Å². The SMILES string of the molecule is c1ccc2c(COC3CCOC3)c(CNC3CC3)oc2c1. The molecule has 1 unspecified atom stereocenters. The first-order chi connectivity index (χ1) is 10.4. The molecule has 2 aromatic rings. The Bertz CT molecular complexity index is 612. The smallest absolute Gasteiger partial charge is 0.134 e. The largest absolute Gasteiger partial charge is 0.459 e. The van der Waals surface area contributed by atoms with Gasteiger partial charge in [-0.15, -0.1) is 0 Å². The van der Waals surface area contributed by atoms with Crippen LogP contribution in [0, 0.1) is 0 Å². The van der Waals surface area contributed by atoms with E-state index in [1.165, 1.54) is 23.8 Å². The van der Waals surface area contributed by atoms with Gasteiger partial charge in [0.25, 0.3) is 0 Å². The molecule has 0 radical (unpaired) electrons. The zero-order valence-electron chi connectivity index (χ0n) is 12.1. The monoisotopic (exact) mass is 287 g/mol. The van der Waals surface area contributed by atoms with E-state index in [1.54, 1.807) is 0 Å². The van der Waals surface area contributed by atoms with Gasteiger partial charge >= 0.3 is 0 Å². The fourth-order valence-electron chi connectivity index (χ4n) is 2.82. The van der Waals surface area contributed by atoms with Crippen molar-refractivity contribution in [2.75, 3.05) is 13.2 Å². The molecule has 112 valence electrons. The molecular weight excluding hydrogens is 266 g/mol. The quantitative estimate of drug-likeness (QED) is 0.887. The predicted octanol–water partition coefficient (Wildman–Crippen LogP) is 2.99. The lowest BCUT2D eigenvalue weighted by Gasteiger charge is -2.10. The van der Waals surface area contributed by atoms with Gasteiger partial charge in [-0.1, -0.05) is 18.2 Å². The molecule has 0 amide bonds.